The maximum Gasteiger partial charge on any atom is 0.274 e. The van der Waals surface area contributed by atoms with Crippen molar-refractivity contribution in [2.75, 3.05) is 11.9 Å². The van der Waals surface area contributed by atoms with E-state index < -0.39 is 6.10 Å². The Morgan fingerprint density at radius 2 is 2.15 bits per heavy atom. The second-order valence-corrected chi connectivity index (χ2v) is 7.79. The van der Waals surface area contributed by atoms with Crippen molar-refractivity contribution in [1.82, 2.24) is 24.8 Å². The van der Waals surface area contributed by atoms with Gasteiger partial charge in [0.25, 0.3) is 5.91 Å². The Balaban J connectivity index is 1.29. The first kappa shape index (κ1) is 20.8. The third-order valence-electron chi connectivity index (χ3n) is 5.50. The van der Waals surface area contributed by atoms with Crippen LogP contribution >= 0.6 is 0 Å². The summed E-state index contributed by atoms with van der Waals surface area (Å²) in [6, 6.07) is 11.0. The molecular formula is C23H22N6O4. The molecule has 2 N–H and O–H groups in total. The van der Waals surface area contributed by atoms with Crippen molar-refractivity contribution in [2.24, 2.45) is 0 Å². The first-order chi connectivity index (χ1) is 16.1. The van der Waals surface area contributed by atoms with Crippen LogP contribution in [-0.2, 0) is 16.1 Å². The fraction of sp³-hybridized carbons (Fsp3) is 0.261. The minimum atomic E-state index is -0.413. The van der Waals surface area contributed by atoms with Gasteiger partial charge in [-0.1, -0.05) is 23.4 Å². The molecule has 10 heteroatoms. The summed E-state index contributed by atoms with van der Waals surface area (Å²) in [6.45, 7) is 2.62. The first-order valence-corrected chi connectivity index (χ1v) is 10.6. The molecule has 1 aromatic carbocycles. The first-order valence-electron chi connectivity index (χ1n) is 10.6. The van der Waals surface area contributed by atoms with Crippen molar-refractivity contribution in [3.05, 3.63) is 65.9 Å². The third kappa shape index (κ3) is 4.33. The quantitative estimate of drug-likeness (QED) is 0.467. The number of nitrogens with zero attached hydrogens (tertiary/aromatic N) is 4. The summed E-state index contributed by atoms with van der Waals surface area (Å²) in [5.74, 6) is 0.189. The highest BCUT2D eigenvalue weighted by atomic mass is 16.5. The standard InChI is InChI=1S/C23H22N6O4/c1-14-7-8-15(21-27-20(33-28-21)13-25-23(31)18-5-4-10-32-18)11-16(14)26-22(30)17-12-24-19-6-2-3-9-29(17)19/h2-3,6-9,11-12,18H,4-5,10,13H2,1H3,(H,25,31)(H,26,30). The van der Waals surface area contributed by atoms with Gasteiger partial charge in [-0.25, -0.2) is 4.98 Å². The van der Waals surface area contributed by atoms with E-state index in [4.69, 9.17) is 9.26 Å². The van der Waals surface area contributed by atoms with Crippen LogP contribution in [0.25, 0.3) is 17.0 Å². The monoisotopic (exact) mass is 446 g/mol. The number of nitrogens with one attached hydrogen (secondary N) is 2. The van der Waals surface area contributed by atoms with Gasteiger partial charge < -0.3 is 19.9 Å². The summed E-state index contributed by atoms with van der Waals surface area (Å²) in [5.41, 5.74) is 3.31. The smallest absolute Gasteiger partial charge is 0.274 e. The van der Waals surface area contributed by atoms with E-state index in [1.807, 2.05) is 37.3 Å². The van der Waals surface area contributed by atoms with Crippen molar-refractivity contribution in [3.8, 4) is 11.4 Å². The third-order valence-corrected chi connectivity index (χ3v) is 5.50. The average Bonchev–Trinajstić information content (AvgIpc) is 3.59. The number of pyridine rings is 1. The summed E-state index contributed by atoms with van der Waals surface area (Å²) >= 11 is 0. The molecule has 0 aliphatic carbocycles. The van der Waals surface area contributed by atoms with Crippen LogP contribution in [0.3, 0.4) is 0 Å². The molecule has 0 saturated carbocycles. The van der Waals surface area contributed by atoms with Gasteiger partial charge in [-0.05, 0) is 43.5 Å². The number of hydrogen-bond donors (Lipinski definition) is 2. The molecule has 0 bridgehead atoms. The van der Waals surface area contributed by atoms with Crippen LogP contribution in [0.15, 0.2) is 53.3 Å². The van der Waals surface area contributed by atoms with Crippen molar-refractivity contribution in [1.29, 1.82) is 0 Å². The number of amides is 2. The Morgan fingerprint density at radius 1 is 1.24 bits per heavy atom. The van der Waals surface area contributed by atoms with E-state index in [9.17, 15) is 9.59 Å². The lowest BCUT2D eigenvalue weighted by atomic mass is 10.1. The Bertz CT molecular complexity index is 1320. The van der Waals surface area contributed by atoms with Crippen LogP contribution in [0.5, 0.6) is 0 Å². The highest BCUT2D eigenvalue weighted by Gasteiger charge is 2.23. The molecule has 0 radical (unpaired) electrons. The van der Waals surface area contributed by atoms with Crippen molar-refractivity contribution >= 4 is 23.1 Å². The van der Waals surface area contributed by atoms with Gasteiger partial charge in [0.2, 0.25) is 17.6 Å². The van der Waals surface area contributed by atoms with Gasteiger partial charge >= 0.3 is 0 Å². The number of ether oxygens (including phenoxy) is 1. The number of aromatic nitrogens is 4. The van der Waals surface area contributed by atoms with Gasteiger partial charge in [-0.15, -0.1) is 0 Å². The van der Waals surface area contributed by atoms with Crippen LogP contribution in [0.4, 0.5) is 5.69 Å². The fourth-order valence-corrected chi connectivity index (χ4v) is 3.69. The van der Waals surface area contributed by atoms with Gasteiger partial charge in [0.15, 0.2) is 0 Å². The van der Waals surface area contributed by atoms with Gasteiger partial charge in [0, 0.05) is 24.1 Å². The Hall–Kier alpha value is -4.05. The van der Waals surface area contributed by atoms with E-state index in [0.29, 0.717) is 41.4 Å². The molecule has 168 valence electrons. The van der Waals surface area contributed by atoms with Crippen LogP contribution in [0.2, 0.25) is 0 Å². The lowest BCUT2D eigenvalue weighted by Crippen LogP contribution is -2.33. The zero-order valence-electron chi connectivity index (χ0n) is 17.9. The lowest BCUT2D eigenvalue weighted by Gasteiger charge is -2.09. The molecule has 5 rings (SSSR count). The number of benzene rings is 1. The summed E-state index contributed by atoms with van der Waals surface area (Å²) in [7, 11) is 0. The van der Waals surface area contributed by atoms with Gasteiger partial charge in [0.1, 0.15) is 17.4 Å². The van der Waals surface area contributed by atoms with Crippen molar-refractivity contribution in [2.45, 2.75) is 32.4 Å². The topological polar surface area (TPSA) is 124 Å². The normalized spacial score (nSPS) is 15.6. The van der Waals surface area contributed by atoms with Crippen LogP contribution in [0, 0.1) is 6.92 Å². The number of fused-ring (bicyclic) bond motifs is 1. The number of carbonyl (C=O) groups is 2. The van der Waals surface area contributed by atoms with Crippen LogP contribution in [0.1, 0.15) is 34.8 Å². The molecule has 33 heavy (non-hydrogen) atoms. The van der Waals surface area contributed by atoms with Crippen LogP contribution in [-0.4, -0.2) is 44.1 Å². The minimum absolute atomic E-state index is 0.120. The van der Waals surface area contributed by atoms with E-state index >= 15 is 0 Å². The predicted molar refractivity (Wildman–Crippen MR) is 118 cm³/mol. The van der Waals surface area contributed by atoms with E-state index in [1.165, 1.54) is 0 Å². The molecule has 1 saturated heterocycles. The highest BCUT2D eigenvalue weighted by molar-refractivity contribution is 6.04. The molecule has 4 heterocycles. The summed E-state index contributed by atoms with van der Waals surface area (Å²) in [5, 5.41) is 9.70. The maximum absolute atomic E-state index is 12.9. The Labute approximate surface area is 189 Å². The van der Waals surface area contributed by atoms with Gasteiger partial charge in [-0.2, -0.15) is 4.98 Å². The zero-order chi connectivity index (χ0) is 22.8. The number of anilines is 1. The van der Waals surface area contributed by atoms with Crippen molar-refractivity contribution in [3.63, 3.8) is 0 Å². The van der Waals surface area contributed by atoms with Gasteiger partial charge in [0.05, 0.1) is 12.7 Å². The van der Waals surface area contributed by atoms with Gasteiger partial charge in [-0.3, -0.25) is 14.0 Å². The Kier molecular flexibility index (Phi) is 5.57. The second-order valence-electron chi connectivity index (χ2n) is 7.79. The lowest BCUT2D eigenvalue weighted by molar-refractivity contribution is -0.130. The number of carbonyl (C=O) groups excluding carboxylic acids is 2. The van der Waals surface area contributed by atoms with E-state index in [1.54, 1.807) is 22.9 Å². The predicted octanol–water partition coefficient (Wildman–Crippen LogP) is 2.74. The molecule has 1 unspecified atom stereocenters. The minimum Gasteiger partial charge on any atom is -0.368 e. The summed E-state index contributed by atoms with van der Waals surface area (Å²) in [4.78, 5) is 33.6. The fourth-order valence-electron chi connectivity index (χ4n) is 3.69. The Morgan fingerprint density at radius 3 is 3.00 bits per heavy atom. The maximum atomic E-state index is 12.9. The average molecular weight is 446 g/mol. The molecule has 4 aromatic rings. The molecule has 1 aliphatic heterocycles. The number of rotatable bonds is 6. The molecule has 0 spiro atoms. The molecule has 1 aliphatic rings. The highest BCUT2D eigenvalue weighted by Crippen LogP contribution is 2.24. The van der Waals surface area contributed by atoms with E-state index in [-0.39, 0.29) is 24.2 Å². The molecular weight excluding hydrogens is 424 g/mol. The van der Waals surface area contributed by atoms with Crippen molar-refractivity contribution < 1.29 is 18.8 Å². The summed E-state index contributed by atoms with van der Waals surface area (Å²) < 4.78 is 12.4. The molecule has 2 amide bonds. The largest absolute Gasteiger partial charge is 0.368 e. The molecule has 1 atom stereocenters. The molecule has 3 aromatic heterocycles. The molecule has 1 fully saturated rings. The van der Waals surface area contributed by atoms with Crippen LogP contribution < -0.4 is 10.6 Å². The van der Waals surface area contributed by atoms with E-state index in [2.05, 4.69) is 25.8 Å². The second kappa shape index (κ2) is 8.83. The molecule has 10 nitrogen and oxygen atoms in total. The number of imidazole rings is 1. The SMILES string of the molecule is Cc1ccc(-c2noc(CNC(=O)C3CCCO3)n2)cc1NC(=O)c1cnc2ccccn12. The number of aryl methyl sites for hydroxylation is 1. The zero-order valence-corrected chi connectivity index (χ0v) is 17.9. The van der Waals surface area contributed by atoms with E-state index in [0.717, 1.165) is 12.0 Å². The summed E-state index contributed by atoms with van der Waals surface area (Å²) in [6.07, 6.45) is 4.52. The number of hydrogen-bond acceptors (Lipinski definition) is 7.